The Hall–Kier alpha value is -1.40. The van der Waals surface area contributed by atoms with Crippen molar-refractivity contribution in [2.75, 3.05) is 32.9 Å². The SMILES string of the molecule is CCNC(=NCC(Cc1ccccc1)N(C)C)NC1CCCC(S(=O)CC)C1. The average Bonchev–Trinajstić information content (AvgIpc) is 2.71. The van der Waals surface area contributed by atoms with Gasteiger partial charge in [0, 0.05) is 40.4 Å². The Bertz CT molecular complexity index is 620. The molecule has 0 heterocycles. The van der Waals surface area contributed by atoms with Crippen LogP contribution in [0.15, 0.2) is 35.3 Å². The van der Waals surface area contributed by atoms with Gasteiger partial charge >= 0.3 is 0 Å². The lowest BCUT2D eigenvalue weighted by molar-refractivity contribution is 0.298. The third kappa shape index (κ3) is 7.55. The van der Waals surface area contributed by atoms with Crippen molar-refractivity contribution in [3.63, 3.8) is 0 Å². The van der Waals surface area contributed by atoms with Crippen LogP contribution in [-0.2, 0) is 17.2 Å². The first-order valence-electron chi connectivity index (χ1n) is 10.7. The van der Waals surface area contributed by atoms with Gasteiger partial charge < -0.3 is 15.5 Å². The summed E-state index contributed by atoms with van der Waals surface area (Å²) >= 11 is 0. The third-order valence-electron chi connectivity index (χ3n) is 5.47. The van der Waals surface area contributed by atoms with Crippen LogP contribution in [0.1, 0.15) is 45.1 Å². The molecule has 0 bridgehead atoms. The lowest BCUT2D eigenvalue weighted by Gasteiger charge is -2.30. The predicted molar refractivity (Wildman–Crippen MR) is 121 cm³/mol. The minimum Gasteiger partial charge on any atom is -0.357 e. The van der Waals surface area contributed by atoms with Crippen molar-refractivity contribution < 1.29 is 4.21 Å². The van der Waals surface area contributed by atoms with Crippen molar-refractivity contribution in [2.24, 2.45) is 4.99 Å². The number of nitrogens with zero attached hydrogens (tertiary/aromatic N) is 2. The molecule has 1 aliphatic rings. The number of likely N-dealkylation sites (N-methyl/N-ethyl adjacent to an activating group) is 1. The lowest BCUT2D eigenvalue weighted by atomic mass is 9.95. The Morgan fingerprint density at radius 1 is 1.25 bits per heavy atom. The highest BCUT2D eigenvalue weighted by atomic mass is 32.2. The van der Waals surface area contributed by atoms with Crippen LogP contribution in [0.5, 0.6) is 0 Å². The summed E-state index contributed by atoms with van der Waals surface area (Å²) in [4.78, 5) is 7.14. The van der Waals surface area contributed by atoms with E-state index in [9.17, 15) is 4.21 Å². The van der Waals surface area contributed by atoms with E-state index in [0.717, 1.165) is 56.9 Å². The van der Waals surface area contributed by atoms with Crippen LogP contribution < -0.4 is 10.6 Å². The number of hydrogen-bond donors (Lipinski definition) is 2. The molecule has 0 saturated heterocycles. The second-order valence-electron chi connectivity index (χ2n) is 7.83. The smallest absolute Gasteiger partial charge is 0.191 e. The number of aliphatic imine (C=N–C) groups is 1. The summed E-state index contributed by atoms with van der Waals surface area (Å²) in [5.74, 6) is 1.64. The third-order valence-corrected chi connectivity index (χ3v) is 7.21. The molecular formula is C22H38N4OS. The molecule has 0 aromatic heterocycles. The van der Waals surface area contributed by atoms with Crippen LogP contribution in [0.3, 0.4) is 0 Å². The maximum absolute atomic E-state index is 12.2. The van der Waals surface area contributed by atoms with E-state index in [2.05, 4.69) is 66.9 Å². The monoisotopic (exact) mass is 406 g/mol. The second kappa shape index (κ2) is 12.2. The highest BCUT2D eigenvalue weighted by Gasteiger charge is 2.26. The Morgan fingerprint density at radius 3 is 2.64 bits per heavy atom. The minimum atomic E-state index is -0.700. The summed E-state index contributed by atoms with van der Waals surface area (Å²) in [6, 6.07) is 11.3. The highest BCUT2D eigenvalue weighted by Crippen LogP contribution is 2.23. The van der Waals surface area contributed by atoms with E-state index in [1.54, 1.807) is 0 Å². The van der Waals surface area contributed by atoms with Crippen LogP contribution in [-0.4, -0.2) is 65.3 Å². The van der Waals surface area contributed by atoms with E-state index in [0.29, 0.717) is 17.3 Å². The zero-order valence-corrected chi connectivity index (χ0v) is 18.8. The van der Waals surface area contributed by atoms with Gasteiger partial charge in [-0.1, -0.05) is 43.7 Å². The normalized spacial score (nSPS) is 22.7. The van der Waals surface area contributed by atoms with Gasteiger partial charge in [-0.25, -0.2) is 0 Å². The van der Waals surface area contributed by atoms with E-state index < -0.39 is 10.8 Å². The van der Waals surface area contributed by atoms with E-state index in [1.165, 1.54) is 5.56 Å². The molecule has 5 nitrogen and oxygen atoms in total. The Kier molecular flexibility index (Phi) is 9.99. The van der Waals surface area contributed by atoms with Gasteiger partial charge in [-0.3, -0.25) is 9.20 Å². The summed E-state index contributed by atoms with van der Waals surface area (Å²) in [7, 11) is 3.54. The molecule has 0 aliphatic heterocycles. The van der Waals surface area contributed by atoms with Gasteiger partial charge in [-0.05, 0) is 52.3 Å². The molecule has 2 rings (SSSR count). The second-order valence-corrected chi connectivity index (χ2v) is 9.83. The van der Waals surface area contributed by atoms with Gasteiger partial charge in [0.1, 0.15) is 0 Å². The van der Waals surface area contributed by atoms with Crippen LogP contribution in [0.4, 0.5) is 0 Å². The van der Waals surface area contributed by atoms with E-state index in [4.69, 9.17) is 4.99 Å². The minimum absolute atomic E-state index is 0.326. The zero-order chi connectivity index (χ0) is 20.4. The number of benzene rings is 1. The van der Waals surface area contributed by atoms with Gasteiger partial charge in [-0.2, -0.15) is 0 Å². The summed E-state index contributed by atoms with van der Waals surface area (Å²) in [6.07, 6.45) is 5.32. The maximum Gasteiger partial charge on any atom is 0.191 e. The molecule has 1 fully saturated rings. The molecule has 4 unspecified atom stereocenters. The van der Waals surface area contributed by atoms with E-state index in [1.807, 2.05) is 6.92 Å². The molecule has 1 aromatic rings. The van der Waals surface area contributed by atoms with E-state index >= 15 is 0 Å². The van der Waals surface area contributed by atoms with Crippen molar-refractivity contribution in [1.29, 1.82) is 0 Å². The first-order valence-corrected chi connectivity index (χ1v) is 12.0. The molecule has 4 atom stereocenters. The summed E-state index contributed by atoms with van der Waals surface area (Å²) in [5.41, 5.74) is 1.34. The number of nitrogens with one attached hydrogen (secondary N) is 2. The zero-order valence-electron chi connectivity index (χ0n) is 18.0. The lowest BCUT2D eigenvalue weighted by Crippen LogP contribution is -2.47. The molecule has 2 N–H and O–H groups in total. The average molecular weight is 407 g/mol. The van der Waals surface area contributed by atoms with Crippen molar-refractivity contribution in [3.05, 3.63) is 35.9 Å². The molecule has 0 radical (unpaired) electrons. The molecule has 0 spiro atoms. The van der Waals surface area contributed by atoms with Gasteiger partial charge in [-0.15, -0.1) is 0 Å². The number of rotatable bonds is 9. The molecule has 1 aromatic carbocycles. The summed E-state index contributed by atoms with van der Waals surface area (Å²) < 4.78 is 12.2. The first-order chi connectivity index (χ1) is 13.5. The number of hydrogen-bond acceptors (Lipinski definition) is 3. The maximum atomic E-state index is 12.2. The van der Waals surface area contributed by atoms with Gasteiger partial charge in [0.2, 0.25) is 0 Å². The van der Waals surface area contributed by atoms with E-state index in [-0.39, 0.29) is 0 Å². The Morgan fingerprint density at radius 2 is 2.00 bits per heavy atom. The molecular weight excluding hydrogens is 368 g/mol. The van der Waals surface area contributed by atoms with Gasteiger partial charge in [0.05, 0.1) is 6.54 Å². The van der Waals surface area contributed by atoms with Crippen LogP contribution in [0.2, 0.25) is 0 Å². The van der Waals surface area contributed by atoms with Crippen molar-refractivity contribution >= 4 is 16.8 Å². The molecule has 0 amide bonds. The number of guanidine groups is 1. The fourth-order valence-electron chi connectivity index (χ4n) is 3.76. The van der Waals surface area contributed by atoms with Crippen LogP contribution in [0, 0.1) is 0 Å². The van der Waals surface area contributed by atoms with Crippen molar-refractivity contribution in [2.45, 2.75) is 63.3 Å². The standard InChI is InChI=1S/C22H38N4OS/c1-5-23-22(25-19-13-10-14-21(16-19)28(27)6-2)24-17-20(26(3)4)15-18-11-8-7-9-12-18/h7-9,11-12,19-21H,5-6,10,13-17H2,1-4H3,(H2,23,24,25). The molecule has 1 saturated carbocycles. The fourth-order valence-corrected chi connectivity index (χ4v) is 5.11. The molecule has 158 valence electrons. The predicted octanol–water partition coefficient (Wildman–Crippen LogP) is 2.79. The van der Waals surface area contributed by atoms with Crippen molar-refractivity contribution in [1.82, 2.24) is 15.5 Å². The molecule has 6 heteroatoms. The first kappa shape index (κ1) is 22.9. The highest BCUT2D eigenvalue weighted by molar-refractivity contribution is 7.85. The topological polar surface area (TPSA) is 56.7 Å². The molecule has 28 heavy (non-hydrogen) atoms. The summed E-state index contributed by atoms with van der Waals surface area (Å²) in [6.45, 7) is 5.70. The van der Waals surface area contributed by atoms with Crippen LogP contribution in [0.25, 0.3) is 0 Å². The van der Waals surface area contributed by atoms with Crippen molar-refractivity contribution in [3.8, 4) is 0 Å². The Balaban J connectivity index is 1.98. The molecule has 1 aliphatic carbocycles. The van der Waals surface area contributed by atoms with Gasteiger partial charge in [0.25, 0.3) is 0 Å². The van der Waals surface area contributed by atoms with Gasteiger partial charge in [0.15, 0.2) is 5.96 Å². The largest absolute Gasteiger partial charge is 0.357 e. The fraction of sp³-hybridized carbons (Fsp3) is 0.682. The van der Waals surface area contributed by atoms with Crippen LogP contribution >= 0.6 is 0 Å². The summed E-state index contributed by atoms with van der Waals surface area (Å²) in [5, 5.41) is 7.33. The quantitative estimate of drug-likeness (QED) is 0.489. The Labute approximate surface area is 173 Å².